The number of aromatic carboxylic acids is 1. The molecule has 0 radical (unpaired) electrons. The van der Waals surface area contributed by atoms with Gasteiger partial charge in [0.2, 0.25) is 0 Å². The average Bonchev–Trinajstić information content (AvgIpc) is 3.05. The summed E-state index contributed by atoms with van der Waals surface area (Å²) in [5.41, 5.74) is 3.06. The molecule has 1 unspecified atom stereocenters. The summed E-state index contributed by atoms with van der Waals surface area (Å²) in [4.78, 5) is 23.1. The Morgan fingerprint density at radius 2 is 1.39 bits per heavy atom. The zero-order valence-electron chi connectivity index (χ0n) is 18.7. The molecule has 0 saturated carbocycles. The van der Waals surface area contributed by atoms with E-state index in [1.165, 1.54) is 14.2 Å². The number of carboxylic acid groups (broad SMARTS) is 1. The molecule has 0 aromatic heterocycles. The Balaban J connectivity index is 2.06. The Kier molecular flexibility index (Phi) is 4.40. The van der Waals surface area contributed by atoms with Crippen molar-refractivity contribution in [2.75, 3.05) is 14.2 Å². The van der Waals surface area contributed by atoms with Gasteiger partial charge < -0.3 is 14.6 Å². The number of hydrogen-bond acceptors (Lipinski definition) is 5. The van der Waals surface area contributed by atoms with E-state index in [2.05, 4.69) is 27.7 Å². The molecule has 0 amide bonds. The highest BCUT2D eigenvalue weighted by molar-refractivity contribution is 5.92. The average molecular weight is 425 g/mol. The number of carbonyl (C=O) groups is 1. The summed E-state index contributed by atoms with van der Waals surface area (Å²) in [6.45, 7) is 8.44. The predicted molar refractivity (Wildman–Crippen MR) is 116 cm³/mol. The van der Waals surface area contributed by atoms with Crippen molar-refractivity contribution in [1.82, 2.24) is 0 Å². The molecule has 2 aliphatic rings. The Morgan fingerprint density at radius 3 is 1.84 bits per heavy atom. The third-order valence-corrected chi connectivity index (χ3v) is 7.06. The first-order valence-corrected chi connectivity index (χ1v) is 10.2. The van der Waals surface area contributed by atoms with Gasteiger partial charge >= 0.3 is 11.7 Å². The number of methoxy groups -OCH3 is 2. The van der Waals surface area contributed by atoms with Crippen LogP contribution in [0.15, 0.2) is 24.3 Å². The summed E-state index contributed by atoms with van der Waals surface area (Å²) in [7, 11) is 2.91. The molecule has 1 spiro atoms. The van der Waals surface area contributed by atoms with Gasteiger partial charge in [-0.15, -0.1) is 0 Å². The number of nitro benzene ring substituents is 1. The van der Waals surface area contributed by atoms with Crippen LogP contribution in [0.3, 0.4) is 0 Å². The molecule has 0 aliphatic heterocycles. The van der Waals surface area contributed by atoms with Gasteiger partial charge in [0.1, 0.15) is 11.3 Å². The third kappa shape index (κ3) is 2.82. The second kappa shape index (κ2) is 6.45. The van der Waals surface area contributed by atoms with Gasteiger partial charge in [-0.25, -0.2) is 4.79 Å². The fraction of sp³-hybridized carbons (Fsp3) is 0.458. The number of nitrogens with zero attached hydrogens (tertiary/aromatic N) is 1. The molecule has 4 rings (SSSR count). The van der Waals surface area contributed by atoms with Crippen molar-refractivity contribution in [2.45, 2.75) is 56.8 Å². The summed E-state index contributed by atoms with van der Waals surface area (Å²) < 4.78 is 10.8. The molecule has 1 atom stereocenters. The van der Waals surface area contributed by atoms with Gasteiger partial charge in [0.15, 0.2) is 5.75 Å². The lowest BCUT2D eigenvalue weighted by Crippen LogP contribution is -2.27. The number of benzene rings is 2. The minimum Gasteiger partial charge on any atom is -0.496 e. The first-order valence-electron chi connectivity index (χ1n) is 10.2. The number of fused-ring (bicyclic) bond motifs is 4. The normalized spacial score (nSPS) is 22.1. The van der Waals surface area contributed by atoms with Crippen molar-refractivity contribution in [3.63, 3.8) is 0 Å². The van der Waals surface area contributed by atoms with E-state index in [4.69, 9.17) is 9.47 Å². The summed E-state index contributed by atoms with van der Waals surface area (Å²) >= 11 is 0. The van der Waals surface area contributed by atoms with E-state index in [1.54, 1.807) is 12.1 Å². The Hall–Kier alpha value is -3.09. The number of carboxylic acids is 1. The quantitative estimate of drug-likeness (QED) is 0.549. The topological polar surface area (TPSA) is 98.9 Å². The van der Waals surface area contributed by atoms with E-state index >= 15 is 0 Å². The Labute approximate surface area is 181 Å². The molecule has 1 N–H and O–H groups in total. The van der Waals surface area contributed by atoms with Crippen LogP contribution in [0.5, 0.6) is 11.5 Å². The van der Waals surface area contributed by atoms with Gasteiger partial charge in [0, 0.05) is 11.5 Å². The standard InChI is InChI=1S/C24H27NO6/c1-22(2)11-24(16-9-19(30-5)13(21(26)27)7-14(16)22)12-23(3,4)15-8-18(25(28)29)20(31-6)10-17(15)24/h7-10H,11-12H2,1-6H3,(H,26,27). The molecular formula is C24H27NO6. The third-order valence-electron chi connectivity index (χ3n) is 7.06. The molecule has 2 aromatic rings. The molecule has 0 fully saturated rings. The first kappa shape index (κ1) is 21.2. The second-order valence-electron chi connectivity index (χ2n) is 9.93. The van der Waals surface area contributed by atoms with Crippen LogP contribution < -0.4 is 9.47 Å². The molecule has 0 bridgehead atoms. The maximum absolute atomic E-state index is 11.8. The predicted octanol–water partition coefficient (Wildman–Crippen LogP) is 4.96. The highest BCUT2D eigenvalue weighted by atomic mass is 16.6. The van der Waals surface area contributed by atoms with E-state index < -0.39 is 16.3 Å². The van der Waals surface area contributed by atoms with Gasteiger partial charge in [0.05, 0.1) is 19.1 Å². The van der Waals surface area contributed by atoms with E-state index in [0.717, 1.165) is 35.1 Å². The largest absolute Gasteiger partial charge is 0.496 e. The summed E-state index contributed by atoms with van der Waals surface area (Å²) in [6, 6.07) is 7.05. The van der Waals surface area contributed by atoms with Gasteiger partial charge in [-0.05, 0) is 64.1 Å². The minimum atomic E-state index is -1.03. The summed E-state index contributed by atoms with van der Waals surface area (Å²) in [6.07, 6.45) is 1.52. The lowest BCUT2D eigenvalue weighted by atomic mass is 9.72. The molecule has 164 valence electrons. The molecule has 31 heavy (non-hydrogen) atoms. The van der Waals surface area contributed by atoms with E-state index in [-0.39, 0.29) is 27.8 Å². The lowest BCUT2D eigenvalue weighted by Gasteiger charge is -2.30. The van der Waals surface area contributed by atoms with E-state index in [0.29, 0.717) is 5.75 Å². The highest BCUT2D eigenvalue weighted by Gasteiger charge is 2.57. The zero-order chi connectivity index (χ0) is 22.9. The smallest absolute Gasteiger partial charge is 0.339 e. The lowest BCUT2D eigenvalue weighted by molar-refractivity contribution is -0.385. The molecule has 0 heterocycles. The van der Waals surface area contributed by atoms with Crippen LogP contribution in [0.25, 0.3) is 0 Å². The van der Waals surface area contributed by atoms with Crippen molar-refractivity contribution in [3.05, 3.63) is 62.2 Å². The number of ether oxygens (including phenoxy) is 2. The second-order valence-corrected chi connectivity index (χ2v) is 9.93. The van der Waals surface area contributed by atoms with Crippen LogP contribution in [-0.4, -0.2) is 30.2 Å². The minimum absolute atomic E-state index is 0.0392. The molecule has 0 saturated heterocycles. The first-order chi connectivity index (χ1) is 14.4. The molecule has 7 heteroatoms. The zero-order valence-corrected chi connectivity index (χ0v) is 18.7. The molecule has 2 aromatic carbocycles. The van der Waals surface area contributed by atoms with Gasteiger partial charge in [0.25, 0.3) is 0 Å². The van der Waals surface area contributed by atoms with Crippen LogP contribution in [0, 0.1) is 10.1 Å². The van der Waals surface area contributed by atoms with E-state index in [1.807, 2.05) is 12.1 Å². The van der Waals surface area contributed by atoms with Crippen LogP contribution in [0.1, 0.15) is 73.1 Å². The maximum Gasteiger partial charge on any atom is 0.339 e. The summed E-state index contributed by atoms with van der Waals surface area (Å²) in [5, 5.41) is 21.3. The Morgan fingerprint density at radius 1 is 0.903 bits per heavy atom. The maximum atomic E-state index is 11.8. The molecule has 7 nitrogen and oxygen atoms in total. The van der Waals surface area contributed by atoms with Crippen LogP contribution >= 0.6 is 0 Å². The molecule has 2 aliphatic carbocycles. The monoisotopic (exact) mass is 425 g/mol. The fourth-order valence-electron chi connectivity index (χ4n) is 5.99. The van der Waals surface area contributed by atoms with Crippen LogP contribution in [-0.2, 0) is 16.2 Å². The van der Waals surface area contributed by atoms with Crippen molar-refractivity contribution >= 4 is 11.7 Å². The van der Waals surface area contributed by atoms with Crippen molar-refractivity contribution in [1.29, 1.82) is 0 Å². The summed E-state index contributed by atoms with van der Waals surface area (Å²) in [5.74, 6) is -0.467. The van der Waals surface area contributed by atoms with E-state index in [9.17, 15) is 20.0 Å². The number of hydrogen-bond donors (Lipinski definition) is 1. The number of nitro groups is 1. The molecular weight excluding hydrogens is 398 g/mol. The SMILES string of the molecule is COc1cc2c(cc1C(=O)O)C(C)(C)CC21CC(C)(C)c2cc([N+](=O)[O-])c(OC)cc21. The van der Waals surface area contributed by atoms with Crippen molar-refractivity contribution < 1.29 is 24.3 Å². The van der Waals surface area contributed by atoms with Crippen molar-refractivity contribution in [3.8, 4) is 11.5 Å². The fourth-order valence-corrected chi connectivity index (χ4v) is 5.99. The Bertz CT molecular complexity index is 1040. The number of rotatable bonds is 4. The van der Waals surface area contributed by atoms with Gasteiger partial charge in [-0.3, -0.25) is 10.1 Å². The van der Waals surface area contributed by atoms with Crippen LogP contribution in [0.4, 0.5) is 5.69 Å². The van der Waals surface area contributed by atoms with Gasteiger partial charge in [-0.2, -0.15) is 0 Å². The van der Waals surface area contributed by atoms with Crippen molar-refractivity contribution in [2.24, 2.45) is 0 Å². The van der Waals surface area contributed by atoms with Gasteiger partial charge in [-0.1, -0.05) is 27.7 Å². The van der Waals surface area contributed by atoms with Crippen LogP contribution in [0.2, 0.25) is 0 Å². The highest BCUT2D eigenvalue weighted by Crippen LogP contribution is 2.64.